The summed E-state index contributed by atoms with van der Waals surface area (Å²) < 4.78 is 5.36. The van der Waals surface area contributed by atoms with Crippen molar-refractivity contribution in [3.63, 3.8) is 0 Å². The first-order valence-electron chi connectivity index (χ1n) is 8.89. The summed E-state index contributed by atoms with van der Waals surface area (Å²) in [5, 5.41) is 19.2. The van der Waals surface area contributed by atoms with Crippen LogP contribution in [0.1, 0.15) is 37.2 Å². The molecule has 1 fully saturated rings. The van der Waals surface area contributed by atoms with Gasteiger partial charge in [0.1, 0.15) is 5.75 Å². The zero-order valence-corrected chi connectivity index (χ0v) is 14.7. The molecule has 1 saturated heterocycles. The molecule has 1 N–H and O–H groups in total. The van der Waals surface area contributed by atoms with Gasteiger partial charge < -0.3 is 14.6 Å². The number of H-pyrrole nitrogens is 1. The molecule has 1 aromatic carbocycles. The third kappa shape index (κ3) is 3.95. The van der Waals surface area contributed by atoms with Crippen LogP contribution in [-0.2, 0) is 0 Å². The zero-order chi connectivity index (χ0) is 17.6. The summed E-state index contributed by atoms with van der Waals surface area (Å²) in [4.78, 5) is 5.74. The number of ether oxygens (including phenoxy) is 1. The number of methoxy groups -OCH3 is 1. The Hall–Kier alpha value is -2.50. The van der Waals surface area contributed by atoms with Gasteiger partial charge in [-0.05, 0) is 62.0 Å². The Morgan fingerprint density at radius 3 is 2.80 bits per heavy atom. The maximum absolute atomic E-state index is 9.25. The van der Waals surface area contributed by atoms with E-state index in [4.69, 9.17) is 10.00 Å². The van der Waals surface area contributed by atoms with Crippen molar-refractivity contribution in [3.8, 4) is 17.9 Å². The van der Waals surface area contributed by atoms with Crippen LogP contribution in [0.4, 0.5) is 0 Å². The van der Waals surface area contributed by atoms with Gasteiger partial charge in [-0.2, -0.15) is 10.5 Å². The SMILES string of the molecule is COc1ccc2[nH]cc(C3CCN(C[C@H](C#N)CCC#N)CC3)c2c1. The summed E-state index contributed by atoms with van der Waals surface area (Å²) in [6, 6.07) is 10.6. The molecule has 2 heterocycles. The Morgan fingerprint density at radius 1 is 1.32 bits per heavy atom. The normalized spacial score (nSPS) is 17.1. The lowest BCUT2D eigenvalue weighted by atomic mass is 9.88. The number of fused-ring (bicyclic) bond motifs is 1. The number of nitrogens with one attached hydrogen (secondary N) is 1. The summed E-state index contributed by atoms with van der Waals surface area (Å²) in [5.74, 6) is 1.39. The number of rotatable bonds is 6. The third-order valence-electron chi connectivity index (χ3n) is 5.21. The predicted octanol–water partition coefficient (Wildman–Crippen LogP) is 3.80. The third-order valence-corrected chi connectivity index (χ3v) is 5.21. The first kappa shape index (κ1) is 17.3. The second-order valence-corrected chi connectivity index (χ2v) is 6.75. The van der Waals surface area contributed by atoms with Crippen molar-refractivity contribution >= 4 is 10.9 Å². The van der Waals surface area contributed by atoms with E-state index in [-0.39, 0.29) is 5.92 Å². The summed E-state index contributed by atoms with van der Waals surface area (Å²) >= 11 is 0. The van der Waals surface area contributed by atoms with Gasteiger partial charge in [0, 0.05) is 30.1 Å². The molecule has 1 aliphatic heterocycles. The lowest BCUT2D eigenvalue weighted by molar-refractivity contribution is 0.194. The van der Waals surface area contributed by atoms with E-state index in [1.807, 2.05) is 6.07 Å². The predicted molar refractivity (Wildman–Crippen MR) is 97.2 cm³/mol. The molecule has 1 aliphatic rings. The lowest BCUT2D eigenvalue weighted by Gasteiger charge is -2.33. The fourth-order valence-electron chi connectivity index (χ4n) is 3.76. The van der Waals surface area contributed by atoms with Crippen molar-refractivity contribution < 1.29 is 4.74 Å². The van der Waals surface area contributed by atoms with Gasteiger partial charge in [-0.3, -0.25) is 0 Å². The maximum Gasteiger partial charge on any atom is 0.119 e. The number of hydrogen-bond acceptors (Lipinski definition) is 4. The van der Waals surface area contributed by atoms with E-state index in [9.17, 15) is 5.26 Å². The van der Waals surface area contributed by atoms with Crippen molar-refractivity contribution in [2.45, 2.75) is 31.6 Å². The molecule has 3 rings (SSSR count). The van der Waals surface area contributed by atoms with Gasteiger partial charge in [0.2, 0.25) is 0 Å². The lowest BCUT2D eigenvalue weighted by Crippen LogP contribution is -2.36. The van der Waals surface area contributed by atoms with Crippen molar-refractivity contribution in [3.05, 3.63) is 30.0 Å². The van der Waals surface area contributed by atoms with Gasteiger partial charge in [-0.25, -0.2) is 0 Å². The Kier molecular flexibility index (Phi) is 5.58. The fourth-order valence-corrected chi connectivity index (χ4v) is 3.76. The van der Waals surface area contributed by atoms with E-state index in [0.29, 0.717) is 18.8 Å². The number of benzene rings is 1. The molecule has 0 amide bonds. The second kappa shape index (κ2) is 8.05. The Balaban J connectivity index is 1.63. The standard InChI is InChI=1S/C20H24N4O/c1-25-17-4-5-20-18(11-17)19(13-23-20)16-6-9-24(10-7-16)14-15(12-22)3-2-8-21/h4-5,11,13,15-16,23H,2-3,6-7,9-10,14H2,1H3/t15-/m0/s1. The highest BCUT2D eigenvalue weighted by atomic mass is 16.5. The van der Waals surface area contributed by atoms with Crippen LogP contribution in [-0.4, -0.2) is 36.6 Å². The minimum absolute atomic E-state index is 0.0338. The summed E-state index contributed by atoms with van der Waals surface area (Å²) in [6.07, 6.45) is 5.47. The number of nitriles is 2. The van der Waals surface area contributed by atoms with E-state index in [1.54, 1.807) is 7.11 Å². The van der Waals surface area contributed by atoms with Crippen LogP contribution >= 0.6 is 0 Å². The van der Waals surface area contributed by atoms with Gasteiger partial charge in [-0.15, -0.1) is 0 Å². The molecule has 25 heavy (non-hydrogen) atoms. The van der Waals surface area contributed by atoms with Gasteiger partial charge in [-0.1, -0.05) is 0 Å². The molecule has 0 aliphatic carbocycles. The molecule has 1 aromatic heterocycles. The van der Waals surface area contributed by atoms with Gasteiger partial charge in [0.25, 0.3) is 0 Å². The number of nitrogens with zero attached hydrogens (tertiary/aromatic N) is 3. The van der Waals surface area contributed by atoms with Crippen molar-refractivity contribution in [2.75, 3.05) is 26.7 Å². The first-order valence-corrected chi connectivity index (χ1v) is 8.89. The van der Waals surface area contributed by atoms with Crippen LogP contribution < -0.4 is 4.74 Å². The fraction of sp³-hybridized carbons (Fsp3) is 0.500. The van der Waals surface area contributed by atoms with E-state index in [2.05, 4.69) is 40.4 Å². The highest BCUT2D eigenvalue weighted by Gasteiger charge is 2.24. The average Bonchev–Trinajstić information content (AvgIpc) is 3.08. The molecule has 5 nitrogen and oxygen atoms in total. The minimum atomic E-state index is -0.0338. The number of hydrogen-bond donors (Lipinski definition) is 1. The number of likely N-dealkylation sites (tertiary alicyclic amines) is 1. The maximum atomic E-state index is 9.25. The van der Waals surface area contributed by atoms with Crippen LogP contribution in [0.5, 0.6) is 5.75 Å². The Labute approximate surface area is 148 Å². The van der Waals surface area contributed by atoms with E-state index >= 15 is 0 Å². The van der Waals surface area contributed by atoms with Gasteiger partial charge in [0.05, 0.1) is 25.2 Å². The van der Waals surface area contributed by atoms with Crippen LogP contribution in [0.2, 0.25) is 0 Å². The minimum Gasteiger partial charge on any atom is -0.497 e. The van der Waals surface area contributed by atoms with Crippen LogP contribution in [0, 0.1) is 28.6 Å². The molecule has 130 valence electrons. The summed E-state index contributed by atoms with van der Waals surface area (Å²) in [7, 11) is 1.70. The smallest absolute Gasteiger partial charge is 0.119 e. The van der Waals surface area contributed by atoms with E-state index in [1.165, 1.54) is 10.9 Å². The molecule has 0 spiro atoms. The molecule has 0 radical (unpaired) electrons. The summed E-state index contributed by atoms with van der Waals surface area (Å²) in [5.41, 5.74) is 2.52. The number of piperidine rings is 1. The molecule has 0 bridgehead atoms. The Bertz CT molecular complexity index is 790. The Morgan fingerprint density at radius 2 is 2.12 bits per heavy atom. The largest absolute Gasteiger partial charge is 0.497 e. The van der Waals surface area contributed by atoms with Crippen molar-refractivity contribution in [2.24, 2.45) is 5.92 Å². The monoisotopic (exact) mass is 336 g/mol. The van der Waals surface area contributed by atoms with Crippen LogP contribution in [0.15, 0.2) is 24.4 Å². The summed E-state index contributed by atoms with van der Waals surface area (Å²) in [6.45, 7) is 2.80. The van der Waals surface area contributed by atoms with Crippen molar-refractivity contribution in [1.29, 1.82) is 10.5 Å². The quantitative estimate of drug-likeness (QED) is 0.870. The molecular formula is C20H24N4O. The first-order chi connectivity index (χ1) is 12.2. The van der Waals surface area contributed by atoms with E-state index in [0.717, 1.165) is 43.7 Å². The van der Waals surface area contributed by atoms with Gasteiger partial charge >= 0.3 is 0 Å². The van der Waals surface area contributed by atoms with Crippen molar-refractivity contribution in [1.82, 2.24) is 9.88 Å². The average molecular weight is 336 g/mol. The second-order valence-electron chi connectivity index (χ2n) is 6.75. The number of aromatic nitrogens is 1. The highest BCUT2D eigenvalue weighted by Crippen LogP contribution is 2.34. The number of aromatic amines is 1. The van der Waals surface area contributed by atoms with Gasteiger partial charge in [0.15, 0.2) is 0 Å². The molecule has 5 heteroatoms. The molecule has 0 unspecified atom stereocenters. The van der Waals surface area contributed by atoms with Crippen LogP contribution in [0.3, 0.4) is 0 Å². The highest BCUT2D eigenvalue weighted by molar-refractivity contribution is 5.85. The van der Waals surface area contributed by atoms with E-state index < -0.39 is 0 Å². The molecule has 0 saturated carbocycles. The topological polar surface area (TPSA) is 75.8 Å². The van der Waals surface area contributed by atoms with Crippen LogP contribution in [0.25, 0.3) is 10.9 Å². The molecular weight excluding hydrogens is 312 g/mol. The molecule has 1 atom stereocenters. The molecule has 2 aromatic rings. The zero-order valence-electron chi connectivity index (χ0n) is 14.7.